The molecule has 4 rings (SSSR count). The molecule has 1 aromatic carbocycles. The van der Waals surface area contributed by atoms with Crippen molar-refractivity contribution in [3.63, 3.8) is 0 Å². The van der Waals surface area contributed by atoms with Gasteiger partial charge < -0.3 is 0 Å². The van der Waals surface area contributed by atoms with Crippen molar-refractivity contribution in [1.29, 1.82) is 0 Å². The second kappa shape index (κ2) is 8.94. The number of pyridine rings is 1. The maximum absolute atomic E-state index is 12.7. The van der Waals surface area contributed by atoms with Crippen molar-refractivity contribution in [3.8, 4) is 0 Å². The van der Waals surface area contributed by atoms with Crippen LogP contribution in [0.15, 0.2) is 48.0 Å². The molecule has 5 nitrogen and oxygen atoms in total. The van der Waals surface area contributed by atoms with E-state index in [9.17, 15) is 18.0 Å². The number of aromatic nitrogens is 2. The number of hydrogen-bond donors (Lipinski definition) is 1. The molecule has 1 atom stereocenters. The molecule has 0 unspecified atom stereocenters. The number of carbonyl (C=O) groups excluding carboxylic acids is 1. The van der Waals surface area contributed by atoms with Gasteiger partial charge in [-0.25, -0.2) is 4.98 Å². The molecular weight excluding hydrogens is 449 g/mol. The Kier molecular flexibility index (Phi) is 6.27. The number of anilines is 1. The Morgan fingerprint density at radius 3 is 2.68 bits per heavy atom. The van der Waals surface area contributed by atoms with E-state index < -0.39 is 17.6 Å². The van der Waals surface area contributed by atoms with Crippen molar-refractivity contribution >= 4 is 34.0 Å². The molecule has 162 valence electrons. The van der Waals surface area contributed by atoms with Crippen LogP contribution in [0.3, 0.4) is 0 Å². The summed E-state index contributed by atoms with van der Waals surface area (Å²) in [5.41, 5.74) is 1.12. The van der Waals surface area contributed by atoms with Gasteiger partial charge in [-0.15, -0.1) is 11.3 Å². The molecule has 0 aliphatic carbocycles. The summed E-state index contributed by atoms with van der Waals surface area (Å²) in [6.07, 6.45) is -0.833. The molecule has 0 radical (unpaired) electrons. The van der Waals surface area contributed by atoms with Crippen molar-refractivity contribution in [2.45, 2.75) is 31.6 Å². The highest BCUT2D eigenvalue weighted by Gasteiger charge is 2.30. The number of carbonyl (C=O) groups is 1. The minimum absolute atomic E-state index is 0.116. The van der Waals surface area contributed by atoms with E-state index >= 15 is 0 Å². The van der Waals surface area contributed by atoms with Crippen LogP contribution >= 0.6 is 22.9 Å². The van der Waals surface area contributed by atoms with Crippen LogP contribution in [0.5, 0.6) is 0 Å². The first-order chi connectivity index (χ1) is 14.8. The Labute approximate surface area is 185 Å². The minimum Gasteiger partial charge on any atom is -0.298 e. The van der Waals surface area contributed by atoms with E-state index in [1.54, 1.807) is 6.20 Å². The fraction of sp³-hybridized carbons (Fsp3) is 0.286. The maximum atomic E-state index is 12.7. The summed E-state index contributed by atoms with van der Waals surface area (Å²) in [6, 6.07) is 7.92. The van der Waals surface area contributed by atoms with Gasteiger partial charge in [-0.1, -0.05) is 11.6 Å². The lowest BCUT2D eigenvalue weighted by Crippen LogP contribution is -2.23. The van der Waals surface area contributed by atoms with Crippen LogP contribution in [-0.2, 0) is 12.7 Å². The van der Waals surface area contributed by atoms with Crippen molar-refractivity contribution in [2.75, 3.05) is 11.9 Å². The zero-order valence-corrected chi connectivity index (χ0v) is 17.8. The van der Waals surface area contributed by atoms with E-state index in [4.69, 9.17) is 11.6 Å². The van der Waals surface area contributed by atoms with Crippen molar-refractivity contribution in [2.24, 2.45) is 0 Å². The number of halogens is 4. The highest BCUT2D eigenvalue weighted by Crippen LogP contribution is 2.35. The zero-order chi connectivity index (χ0) is 22.0. The van der Waals surface area contributed by atoms with Crippen LogP contribution in [0.2, 0.25) is 5.02 Å². The SMILES string of the molecule is O=C(Nc1nc([C@@H]2CCCN2Cc2ccc(Cl)cn2)cs1)c1ccc(C(F)(F)F)cc1. The molecule has 3 heterocycles. The number of likely N-dealkylation sites (tertiary alicyclic amines) is 1. The number of nitrogens with zero attached hydrogens (tertiary/aromatic N) is 3. The van der Waals surface area contributed by atoms with Gasteiger partial charge in [-0.2, -0.15) is 13.2 Å². The largest absolute Gasteiger partial charge is 0.416 e. The number of amides is 1. The Bertz CT molecular complexity index is 1050. The van der Waals surface area contributed by atoms with Crippen molar-refractivity contribution < 1.29 is 18.0 Å². The fourth-order valence-corrected chi connectivity index (χ4v) is 4.40. The van der Waals surface area contributed by atoms with Gasteiger partial charge in [0.1, 0.15) is 0 Å². The highest BCUT2D eigenvalue weighted by atomic mass is 35.5. The molecule has 1 fully saturated rings. The van der Waals surface area contributed by atoms with E-state index in [1.165, 1.54) is 11.3 Å². The van der Waals surface area contributed by atoms with E-state index in [2.05, 4.69) is 20.2 Å². The molecular formula is C21H18ClF3N4OS. The Morgan fingerprint density at radius 1 is 1.23 bits per heavy atom. The van der Waals surface area contributed by atoms with Crippen molar-refractivity contribution in [3.05, 3.63) is 75.5 Å². The number of hydrogen-bond acceptors (Lipinski definition) is 5. The summed E-state index contributed by atoms with van der Waals surface area (Å²) >= 11 is 7.19. The van der Waals surface area contributed by atoms with E-state index in [-0.39, 0.29) is 11.6 Å². The Balaban J connectivity index is 1.41. The van der Waals surface area contributed by atoms with Gasteiger partial charge in [0.15, 0.2) is 5.13 Å². The Morgan fingerprint density at radius 2 is 2.00 bits per heavy atom. The van der Waals surface area contributed by atoms with Gasteiger partial charge in [0.05, 0.1) is 28.0 Å². The average molecular weight is 467 g/mol. The molecule has 31 heavy (non-hydrogen) atoms. The van der Waals surface area contributed by atoms with E-state index in [1.807, 2.05) is 17.5 Å². The third-order valence-corrected chi connectivity index (χ3v) is 6.08. The lowest BCUT2D eigenvalue weighted by atomic mass is 10.1. The van der Waals surface area contributed by atoms with Crippen LogP contribution in [-0.4, -0.2) is 27.3 Å². The van der Waals surface area contributed by atoms with E-state index in [0.717, 1.165) is 55.0 Å². The molecule has 0 saturated carbocycles. The predicted molar refractivity (Wildman–Crippen MR) is 113 cm³/mol. The third kappa shape index (κ3) is 5.23. The first-order valence-corrected chi connectivity index (χ1v) is 10.8. The molecule has 1 aliphatic heterocycles. The van der Waals surface area contributed by atoms with Gasteiger partial charge in [0.25, 0.3) is 5.91 Å². The molecule has 0 spiro atoms. The first-order valence-electron chi connectivity index (χ1n) is 9.58. The second-order valence-electron chi connectivity index (χ2n) is 7.20. The summed E-state index contributed by atoms with van der Waals surface area (Å²) in [4.78, 5) is 23.6. The molecule has 10 heteroatoms. The van der Waals surface area contributed by atoms with Crippen LogP contribution in [0.25, 0.3) is 0 Å². The Hall–Kier alpha value is -2.49. The van der Waals surface area contributed by atoms with Gasteiger partial charge >= 0.3 is 6.18 Å². The maximum Gasteiger partial charge on any atom is 0.416 e. The van der Waals surface area contributed by atoms with Gasteiger partial charge in [0, 0.05) is 23.7 Å². The van der Waals surface area contributed by atoms with Crippen LogP contribution in [0.1, 0.15) is 46.2 Å². The third-order valence-electron chi connectivity index (χ3n) is 5.08. The molecule has 2 aromatic heterocycles. The number of alkyl halides is 3. The topological polar surface area (TPSA) is 58.1 Å². The number of nitrogens with one attached hydrogen (secondary N) is 1. The first kappa shape index (κ1) is 21.7. The van der Waals surface area contributed by atoms with Gasteiger partial charge in [0.2, 0.25) is 0 Å². The molecule has 1 N–H and O–H groups in total. The summed E-state index contributed by atoms with van der Waals surface area (Å²) in [5, 5.41) is 5.58. The summed E-state index contributed by atoms with van der Waals surface area (Å²) < 4.78 is 38.0. The van der Waals surface area contributed by atoms with Crippen molar-refractivity contribution in [1.82, 2.24) is 14.9 Å². The fourth-order valence-electron chi connectivity index (χ4n) is 3.53. The van der Waals surface area contributed by atoms with Gasteiger partial charge in [-0.3, -0.25) is 20.0 Å². The zero-order valence-electron chi connectivity index (χ0n) is 16.2. The summed E-state index contributed by atoms with van der Waals surface area (Å²) in [5.74, 6) is -0.497. The number of thiazole rings is 1. The summed E-state index contributed by atoms with van der Waals surface area (Å²) in [7, 11) is 0. The lowest BCUT2D eigenvalue weighted by Gasteiger charge is -2.22. The standard InChI is InChI=1S/C21H18ClF3N4OS/c22-15-7-8-16(26-10-15)11-29-9-1-2-18(29)17-12-31-20(27-17)28-19(30)13-3-5-14(6-4-13)21(23,24)25/h3-8,10,12,18H,1-2,9,11H2,(H,27,28,30)/t18-/m0/s1. The number of benzene rings is 1. The van der Waals surface area contributed by atoms with Crippen LogP contribution < -0.4 is 5.32 Å². The molecule has 1 saturated heterocycles. The van der Waals surface area contributed by atoms with Gasteiger partial charge in [-0.05, 0) is 55.8 Å². The predicted octanol–water partition coefficient (Wildman–Crippen LogP) is 5.80. The molecule has 3 aromatic rings. The average Bonchev–Trinajstić information content (AvgIpc) is 3.38. The molecule has 1 aliphatic rings. The van der Waals surface area contributed by atoms with Crippen LogP contribution in [0, 0.1) is 0 Å². The molecule has 0 bridgehead atoms. The minimum atomic E-state index is -4.44. The molecule has 1 amide bonds. The normalized spacial score (nSPS) is 17.1. The summed E-state index contributed by atoms with van der Waals surface area (Å²) in [6.45, 7) is 1.59. The highest BCUT2D eigenvalue weighted by molar-refractivity contribution is 7.14. The van der Waals surface area contributed by atoms with Crippen LogP contribution in [0.4, 0.5) is 18.3 Å². The smallest absolute Gasteiger partial charge is 0.298 e. The number of rotatable bonds is 5. The second-order valence-corrected chi connectivity index (χ2v) is 8.50. The lowest BCUT2D eigenvalue weighted by molar-refractivity contribution is -0.137. The van der Waals surface area contributed by atoms with E-state index in [0.29, 0.717) is 16.7 Å². The quantitative estimate of drug-likeness (QED) is 0.516. The monoisotopic (exact) mass is 466 g/mol.